The minimum atomic E-state index is 0.764. The third-order valence-corrected chi connectivity index (χ3v) is 4.01. The van der Waals surface area contributed by atoms with Gasteiger partial charge >= 0.3 is 0 Å². The number of benzene rings is 1. The fourth-order valence-electron chi connectivity index (χ4n) is 2.00. The molecule has 3 nitrogen and oxygen atoms in total. The fraction of sp³-hybridized carbons (Fsp3) is 0.357. The average Bonchev–Trinajstić information content (AvgIpc) is 2.61. The first kappa shape index (κ1) is 13.3. The average molecular weight is 308 g/mol. The molecule has 2 aromatic rings. The Balaban J connectivity index is 2.57. The van der Waals surface area contributed by atoms with Crippen LogP contribution in [0.15, 0.2) is 22.8 Å². The maximum absolute atomic E-state index is 4.72. The van der Waals surface area contributed by atoms with Crippen molar-refractivity contribution >= 4 is 15.9 Å². The first-order valence-electron chi connectivity index (χ1n) is 5.98. The van der Waals surface area contributed by atoms with Gasteiger partial charge in [-0.3, -0.25) is 0 Å². The van der Waals surface area contributed by atoms with Crippen molar-refractivity contribution in [2.24, 2.45) is 7.05 Å². The summed E-state index contributed by atoms with van der Waals surface area (Å²) in [5.74, 6) is 1.03. The molecule has 4 heteroatoms. The molecular weight excluding hydrogens is 290 g/mol. The van der Waals surface area contributed by atoms with Crippen molar-refractivity contribution in [3.63, 3.8) is 0 Å². The summed E-state index contributed by atoms with van der Waals surface area (Å²) in [7, 11) is 3.96. The topological polar surface area (TPSA) is 29.9 Å². The number of nitrogens with zero attached hydrogens (tertiary/aromatic N) is 2. The number of imidazole rings is 1. The van der Waals surface area contributed by atoms with E-state index in [9.17, 15) is 0 Å². The van der Waals surface area contributed by atoms with Crippen LogP contribution in [0.3, 0.4) is 0 Å². The summed E-state index contributed by atoms with van der Waals surface area (Å²) in [6.45, 7) is 4.99. The van der Waals surface area contributed by atoms with Crippen molar-refractivity contribution in [1.82, 2.24) is 14.9 Å². The van der Waals surface area contributed by atoms with Crippen LogP contribution >= 0.6 is 15.9 Å². The SMILES string of the molecule is CNCc1nc(-c2cc(C)ccc2C)c(Br)n1C. The molecule has 18 heavy (non-hydrogen) atoms. The Hall–Kier alpha value is -1.13. The van der Waals surface area contributed by atoms with E-state index in [4.69, 9.17) is 4.98 Å². The second-order valence-corrected chi connectivity index (χ2v) is 5.33. The summed E-state index contributed by atoms with van der Waals surface area (Å²) < 4.78 is 3.11. The van der Waals surface area contributed by atoms with Gasteiger partial charge in [0.1, 0.15) is 16.1 Å². The highest BCUT2D eigenvalue weighted by atomic mass is 79.9. The minimum Gasteiger partial charge on any atom is -0.324 e. The highest BCUT2D eigenvalue weighted by Gasteiger charge is 2.15. The second-order valence-electron chi connectivity index (χ2n) is 4.58. The number of hydrogen-bond acceptors (Lipinski definition) is 2. The van der Waals surface area contributed by atoms with Crippen LogP contribution in [0.4, 0.5) is 0 Å². The van der Waals surface area contributed by atoms with Gasteiger partial charge in [0.25, 0.3) is 0 Å². The predicted molar refractivity (Wildman–Crippen MR) is 78.6 cm³/mol. The van der Waals surface area contributed by atoms with E-state index >= 15 is 0 Å². The van der Waals surface area contributed by atoms with Gasteiger partial charge in [-0.1, -0.05) is 17.7 Å². The zero-order valence-electron chi connectivity index (χ0n) is 11.2. The highest BCUT2D eigenvalue weighted by molar-refractivity contribution is 9.10. The van der Waals surface area contributed by atoms with Gasteiger partial charge < -0.3 is 9.88 Å². The number of nitrogens with one attached hydrogen (secondary N) is 1. The van der Waals surface area contributed by atoms with Gasteiger partial charge in [-0.2, -0.15) is 0 Å². The first-order valence-corrected chi connectivity index (χ1v) is 6.77. The summed E-state index contributed by atoms with van der Waals surface area (Å²) in [4.78, 5) is 4.72. The Kier molecular flexibility index (Phi) is 3.88. The van der Waals surface area contributed by atoms with Crippen molar-refractivity contribution in [3.05, 3.63) is 39.8 Å². The summed E-state index contributed by atoms with van der Waals surface area (Å²) in [6.07, 6.45) is 0. The fourth-order valence-corrected chi connectivity index (χ4v) is 2.51. The van der Waals surface area contributed by atoms with E-state index < -0.39 is 0 Å². The van der Waals surface area contributed by atoms with Crippen LogP contribution in [-0.4, -0.2) is 16.6 Å². The molecule has 0 saturated heterocycles. The maximum Gasteiger partial charge on any atom is 0.124 e. The van der Waals surface area contributed by atoms with Crippen LogP contribution < -0.4 is 5.32 Å². The predicted octanol–water partition coefficient (Wildman–Crippen LogP) is 3.19. The van der Waals surface area contributed by atoms with Crippen LogP contribution in [0.5, 0.6) is 0 Å². The van der Waals surface area contributed by atoms with Crippen LogP contribution in [0.1, 0.15) is 17.0 Å². The van der Waals surface area contributed by atoms with E-state index in [1.54, 1.807) is 0 Å². The van der Waals surface area contributed by atoms with Crippen LogP contribution in [0.25, 0.3) is 11.3 Å². The van der Waals surface area contributed by atoms with Gasteiger partial charge in [0.15, 0.2) is 0 Å². The van der Waals surface area contributed by atoms with E-state index in [1.165, 1.54) is 16.7 Å². The lowest BCUT2D eigenvalue weighted by atomic mass is 10.0. The summed E-state index contributed by atoms with van der Waals surface area (Å²) in [6, 6.07) is 6.46. The van der Waals surface area contributed by atoms with E-state index in [0.29, 0.717) is 0 Å². The number of rotatable bonds is 3. The zero-order chi connectivity index (χ0) is 13.3. The zero-order valence-corrected chi connectivity index (χ0v) is 12.8. The molecule has 0 bridgehead atoms. The molecule has 1 heterocycles. The van der Waals surface area contributed by atoms with Gasteiger partial charge in [-0.25, -0.2) is 4.98 Å². The molecule has 1 aromatic carbocycles. The standard InChI is InChI=1S/C14H18BrN3/c1-9-5-6-10(2)11(7-9)13-14(15)18(4)12(17-13)8-16-3/h5-7,16H,8H2,1-4H3. The van der Waals surface area contributed by atoms with Crippen molar-refractivity contribution in [3.8, 4) is 11.3 Å². The number of aryl methyl sites for hydroxylation is 2. The van der Waals surface area contributed by atoms with Gasteiger partial charge in [-0.15, -0.1) is 0 Å². The van der Waals surface area contributed by atoms with Crippen LogP contribution in [0, 0.1) is 13.8 Å². The molecule has 1 aromatic heterocycles. The number of hydrogen-bond donors (Lipinski definition) is 1. The van der Waals surface area contributed by atoms with E-state index in [1.807, 2.05) is 14.1 Å². The summed E-state index contributed by atoms with van der Waals surface area (Å²) in [5.41, 5.74) is 4.71. The molecule has 0 unspecified atom stereocenters. The molecule has 0 amide bonds. The second kappa shape index (κ2) is 5.24. The minimum absolute atomic E-state index is 0.764. The smallest absolute Gasteiger partial charge is 0.124 e. The first-order chi connectivity index (χ1) is 8.54. The lowest BCUT2D eigenvalue weighted by molar-refractivity contribution is 0.704. The van der Waals surface area contributed by atoms with Crippen molar-refractivity contribution < 1.29 is 0 Å². The molecule has 0 spiro atoms. The molecule has 0 aliphatic heterocycles. The molecule has 0 aliphatic rings. The van der Waals surface area contributed by atoms with Gasteiger partial charge in [0, 0.05) is 12.6 Å². The third kappa shape index (κ3) is 2.35. The quantitative estimate of drug-likeness (QED) is 0.944. The molecule has 0 atom stereocenters. The Morgan fingerprint density at radius 2 is 2.06 bits per heavy atom. The normalized spacial score (nSPS) is 10.9. The summed E-state index contributed by atoms with van der Waals surface area (Å²) in [5, 5.41) is 3.14. The Labute approximate surface area is 116 Å². The van der Waals surface area contributed by atoms with Crippen molar-refractivity contribution in [1.29, 1.82) is 0 Å². The Bertz CT molecular complexity index is 573. The molecule has 0 saturated carbocycles. The maximum atomic E-state index is 4.72. The molecule has 0 fully saturated rings. The Morgan fingerprint density at radius 3 is 2.72 bits per heavy atom. The van der Waals surface area contributed by atoms with E-state index in [0.717, 1.165) is 22.7 Å². The highest BCUT2D eigenvalue weighted by Crippen LogP contribution is 2.31. The lowest BCUT2D eigenvalue weighted by Crippen LogP contribution is -2.10. The largest absolute Gasteiger partial charge is 0.324 e. The molecule has 96 valence electrons. The number of halogens is 1. The summed E-state index contributed by atoms with van der Waals surface area (Å²) >= 11 is 3.64. The van der Waals surface area contributed by atoms with Gasteiger partial charge in [0.2, 0.25) is 0 Å². The Morgan fingerprint density at radius 1 is 1.33 bits per heavy atom. The van der Waals surface area contributed by atoms with E-state index in [2.05, 4.69) is 57.9 Å². The number of aromatic nitrogens is 2. The van der Waals surface area contributed by atoms with Gasteiger partial charge in [0.05, 0.1) is 6.54 Å². The third-order valence-electron chi connectivity index (χ3n) is 3.10. The van der Waals surface area contributed by atoms with Gasteiger partial charge in [-0.05, 0) is 48.5 Å². The van der Waals surface area contributed by atoms with Crippen molar-refractivity contribution in [2.45, 2.75) is 20.4 Å². The monoisotopic (exact) mass is 307 g/mol. The molecule has 0 radical (unpaired) electrons. The molecule has 1 N–H and O–H groups in total. The molecule has 2 rings (SSSR count). The van der Waals surface area contributed by atoms with Crippen molar-refractivity contribution in [2.75, 3.05) is 7.05 Å². The molecule has 0 aliphatic carbocycles. The lowest BCUT2D eigenvalue weighted by Gasteiger charge is -2.05. The van der Waals surface area contributed by atoms with Crippen LogP contribution in [-0.2, 0) is 13.6 Å². The van der Waals surface area contributed by atoms with Crippen LogP contribution in [0.2, 0.25) is 0 Å². The van der Waals surface area contributed by atoms with E-state index in [-0.39, 0.29) is 0 Å². The molecular formula is C14H18BrN3.